The standard InChI is InChI=1S/C9H16N2S3/c1-3-5-11(6-4-2)8(12)10-9-13-7-14-9/h3-7H2,1-2H3. The molecule has 0 radical (unpaired) electrons. The van der Waals surface area contributed by atoms with Crippen molar-refractivity contribution < 1.29 is 0 Å². The van der Waals surface area contributed by atoms with Crippen LogP contribution in [0.25, 0.3) is 0 Å². The van der Waals surface area contributed by atoms with Gasteiger partial charge < -0.3 is 4.90 Å². The Morgan fingerprint density at radius 2 is 1.93 bits per heavy atom. The summed E-state index contributed by atoms with van der Waals surface area (Å²) in [5.41, 5.74) is 0. The van der Waals surface area contributed by atoms with Crippen molar-refractivity contribution in [2.24, 2.45) is 4.99 Å². The molecule has 0 spiro atoms. The third-order valence-corrected chi connectivity index (χ3v) is 4.49. The highest BCUT2D eigenvalue weighted by atomic mass is 32.3. The summed E-state index contributed by atoms with van der Waals surface area (Å²) in [5, 5.41) is 1.90. The first kappa shape index (κ1) is 12.3. The molecule has 1 aliphatic heterocycles. The van der Waals surface area contributed by atoms with Crippen molar-refractivity contribution in [3.8, 4) is 0 Å². The van der Waals surface area contributed by atoms with Gasteiger partial charge in [-0.1, -0.05) is 37.4 Å². The number of thioether (sulfide) groups is 2. The van der Waals surface area contributed by atoms with Crippen molar-refractivity contribution in [3.05, 3.63) is 0 Å². The Morgan fingerprint density at radius 1 is 1.36 bits per heavy atom. The largest absolute Gasteiger partial charge is 0.347 e. The average molecular weight is 248 g/mol. The first-order chi connectivity index (χ1) is 6.77. The molecular formula is C9H16N2S3. The molecule has 0 N–H and O–H groups in total. The lowest BCUT2D eigenvalue weighted by molar-refractivity contribution is 0.420. The van der Waals surface area contributed by atoms with Crippen LogP contribution in [-0.4, -0.2) is 32.6 Å². The van der Waals surface area contributed by atoms with Crippen molar-refractivity contribution in [2.75, 3.05) is 18.2 Å². The van der Waals surface area contributed by atoms with Gasteiger partial charge in [0.2, 0.25) is 0 Å². The monoisotopic (exact) mass is 248 g/mol. The minimum atomic E-state index is 0.767. The molecule has 0 aromatic carbocycles. The molecule has 0 amide bonds. The predicted octanol–water partition coefficient (Wildman–Crippen LogP) is 3.19. The summed E-state index contributed by atoms with van der Waals surface area (Å²) < 4.78 is 1.13. The summed E-state index contributed by atoms with van der Waals surface area (Å²) in [6.07, 6.45) is 2.26. The summed E-state index contributed by atoms with van der Waals surface area (Å²) in [6.45, 7) is 6.40. The predicted molar refractivity (Wildman–Crippen MR) is 72.2 cm³/mol. The Balaban J connectivity index is 2.44. The van der Waals surface area contributed by atoms with Crippen molar-refractivity contribution in [1.82, 2.24) is 4.90 Å². The molecule has 0 aliphatic carbocycles. The number of hydrogen-bond donors (Lipinski definition) is 0. The van der Waals surface area contributed by atoms with Gasteiger partial charge in [-0.05, 0) is 25.1 Å². The molecule has 1 rings (SSSR count). The molecule has 80 valence electrons. The van der Waals surface area contributed by atoms with Gasteiger partial charge in [-0.3, -0.25) is 0 Å². The molecule has 0 aromatic rings. The summed E-state index contributed by atoms with van der Waals surface area (Å²) >= 11 is 8.87. The van der Waals surface area contributed by atoms with Gasteiger partial charge >= 0.3 is 0 Å². The van der Waals surface area contributed by atoms with E-state index in [0.717, 1.165) is 40.5 Å². The van der Waals surface area contributed by atoms with Crippen LogP contribution in [0.2, 0.25) is 0 Å². The van der Waals surface area contributed by atoms with Gasteiger partial charge in [0.05, 0.1) is 5.08 Å². The van der Waals surface area contributed by atoms with Gasteiger partial charge in [0.25, 0.3) is 0 Å². The van der Waals surface area contributed by atoms with Crippen LogP contribution in [0.1, 0.15) is 26.7 Å². The molecule has 0 unspecified atom stereocenters. The second kappa shape index (κ2) is 6.69. The van der Waals surface area contributed by atoms with Crippen LogP contribution in [0, 0.1) is 0 Å². The zero-order valence-corrected chi connectivity index (χ0v) is 11.1. The maximum absolute atomic E-state index is 5.29. The minimum Gasteiger partial charge on any atom is -0.347 e. The third-order valence-electron chi connectivity index (χ3n) is 1.81. The molecule has 1 saturated heterocycles. The Kier molecular flexibility index (Phi) is 5.89. The molecule has 0 aromatic heterocycles. The van der Waals surface area contributed by atoms with Crippen molar-refractivity contribution in [1.29, 1.82) is 0 Å². The average Bonchev–Trinajstić information content (AvgIpc) is 2.11. The normalized spacial score (nSPS) is 14.9. The lowest BCUT2D eigenvalue weighted by Gasteiger charge is -2.23. The van der Waals surface area contributed by atoms with Gasteiger partial charge in [-0.25, -0.2) is 4.99 Å². The highest BCUT2D eigenvalue weighted by molar-refractivity contribution is 8.52. The van der Waals surface area contributed by atoms with E-state index in [1.54, 1.807) is 23.5 Å². The van der Waals surface area contributed by atoms with E-state index < -0.39 is 0 Å². The second-order valence-corrected chi connectivity index (χ2v) is 5.97. The highest BCUT2D eigenvalue weighted by Gasteiger charge is 2.14. The quantitative estimate of drug-likeness (QED) is 0.710. The van der Waals surface area contributed by atoms with Crippen LogP contribution in [0.5, 0.6) is 0 Å². The van der Waals surface area contributed by atoms with Crippen LogP contribution in [-0.2, 0) is 0 Å². The second-order valence-electron chi connectivity index (χ2n) is 3.05. The first-order valence-corrected chi connectivity index (χ1v) is 7.29. The number of thiocarbonyl (C=S) groups is 1. The summed E-state index contributed by atoms with van der Waals surface area (Å²) in [6, 6.07) is 0. The molecule has 1 fully saturated rings. The lowest BCUT2D eigenvalue weighted by Crippen LogP contribution is -2.30. The van der Waals surface area contributed by atoms with Gasteiger partial charge in [0, 0.05) is 13.1 Å². The van der Waals surface area contributed by atoms with Gasteiger partial charge in [0.1, 0.15) is 4.38 Å². The zero-order valence-electron chi connectivity index (χ0n) is 8.65. The van der Waals surface area contributed by atoms with Gasteiger partial charge in [-0.2, -0.15) is 0 Å². The van der Waals surface area contributed by atoms with E-state index in [4.69, 9.17) is 12.2 Å². The Bertz CT molecular complexity index is 216. The van der Waals surface area contributed by atoms with E-state index in [2.05, 4.69) is 23.7 Å². The molecule has 14 heavy (non-hydrogen) atoms. The Hall–Kier alpha value is 0.260. The van der Waals surface area contributed by atoms with Crippen molar-refractivity contribution in [3.63, 3.8) is 0 Å². The van der Waals surface area contributed by atoms with Gasteiger partial charge in [0.15, 0.2) is 5.11 Å². The number of aliphatic imine (C=N–C) groups is 1. The molecule has 0 bridgehead atoms. The third kappa shape index (κ3) is 3.79. The van der Waals surface area contributed by atoms with E-state index in [0.29, 0.717) is 0 Å². The number of nitrogens with zero attached hydrogens (tertiary/aromatic N) is 2. The molecule has 0 atom stereocenters. The fourth-order valence-electron chi connectivity index (χ4n) is 1.17. The highest BCUT2D eigenvalue weighted by Crippen LogP contribution is 2.32. The van der Waals surface area contributed by atoms with Crippen LogP contribution in [0.4, 0.5) is 0 Å². The zero-order chi connectivity index (χ0) is 10.4. The van der Waals surface area contributed by atoms with E-state index in [1.165, 1.54) is 0 Å². The maximum atomic E-state index is 5.29. The van der Waals surface area contributed by atoms with Crippen LogP contribution in [0.15, 0.2) is 4.99 Å². The minimum absolute atomic E-state index is 0.767. The van der Waals surface area contributed by atoms with E-state index >= 15 is 0 Å². The Labute approximate surface area is 99.9 Å². The topological polar surface area (TPSA) is 15.6 Å². The summed E-state index contributed by atoms with van der Waals surface area (Å²) in [7, 11) is 0. The van der Waals surface area contributed by atoms with E-state index in [-0.39, 0.29) is 0 Å². The van der Waals surface area contributed by atoms with E-state index in [9.17, 15) is 0 Å². The molecule has 2 nitrogen and oxygen atoms in total. The van der Waals surface area contributed by atoms with Crippen LogP contribution >= 0.6 is 35.7 Å². The van der Waals surface area contributed by atoms with Crippen molar-refractivity contribution >= 4 is 45.2 Å². The van der Waals surface area contributed by atoms with Crippen molar-refractivity contribution in [2.45, 2.75) is 26.7 Å². The molecule has 1 aliphatic rings. The number of hydrogen-bond acceptors (Lipinski definition) is 3. The lowest BCUT2D eigenvalue weighted by atomic mass is 10.4. The van der Waals surface area contributed by atoms with E-state index in [1.807, 2.05) is 0 Å². The fourth-order valence-corrected chi connectivity index (χ4v) is 2.75. The van der Waals surface area contributed by atoms with Crippen LogP contribution < -0.4 is 0 Å². The smallest absolute Gasteiger partial charge is 0.196 e. The summed E-state index contributed by atoms with van der Waals surface area (Å²) in [5.74, 6) is 0. The maximum Gasteiger partial charge on any atom is 0.196 e. The molecule has 1 heterocycles. The summed E-state index contributed by atoms with van der Waals surface area (Å²) in [4.78, 5) is 6.62. The van der Waals surface area contributed by atoms with Crippen LogP contribution in [0.3, 0.4) is 0 Å². The van der Waals surface area contributed by atoms with Gasteiger partial charge in [-0.15, -0.1) is 0 Å². The SMILES string of the molecule is CCCN(CCC)C(=S)N=C1SCS1. The fraction of sp³-hybridized carbons (Fsp3) is 0.778. The first-order valence-electron chi connectivity index (χ1n) is 4.91. The number of rotatable bonds is 4. The Morgan fingerprint density at radius 3 is 2.29 bits per heavy atom. The molecule has 0 saturated carbocycles. The molecule has 5 heteroatoms. The molecular weight excluding hydrogens is 232 g/mol.